The van der Waals surface area contributed by atoms with Crippen LogP contribution in [0.15, 0.2) is 85.3 Å². The molecule has 0 radical (unpaired) electrons. The molecule has 2 aromatic heterocycles. The van der Waals surface area contributed by atoms with Gasteiger partial charge in [-0.15, -0.1) is 0 Å². The Morgan fingerprint density at radius 1 is 0.828 bits per heavy atom. The molecule has 0 spiro atoms. The average Bonchev–Trinajstić information content (AvgIpc) is 2.75. The number of nitrogens with one attached hydrogen (secondary N) is 1. The fourth-order valence-corrected chi connectivity index (χ4v) is 2.96. The van der Waals surface area contributed by atoms with E-state index in [-0.39, 0.29) is 18.1 Å². The molecule has 0 aliphatic rings. The molecule has 0 saturated heterocycles. The molecule has 0 unspecified atom stereocenters. The van der Waals surface area contributed by atoms with E-state index in [9.17, 15) is 9.18 Å². The van der Waals surface area contributed by atoms with Crippen LogP contribution in [0.5, 0.6) is 0 Å². The lowest BCUT2D eigenvalue weighted by Crippen LogP contribution is -2.15. The van der Waals surface area contributed by atoms with Crippen LogP contribution in [0.4, 0.5) is 10.2 Å². The first-order chi connectivity index (χ1) is 14.2. The number of hydrogen-bond donors (Lipinski definition) is 1. The van der Waals surface area contributed by atoms with Gasteiger partial charge in [0, 0.05) is 17.3 Å². The third-order valence-corrected chi connectivity index (χ3v) is 4.43. The molecule has 0 bridgehead atoms. The number of carbonyl (C=O) groups excluding carboxylic acids is 1. The topological polar surface area (TPSA) is 67.8 Å². The maximum absolute atomic E-state index is 13.3. The number of amides is 1. The Morgan fingerprint density at radius 2 is 1.62 bits per heavy atom. The van der Waals surface area contributed by atoms with Crippen molar-refractivity contribution in [1.29, 1.82) is 0 Å². The largest absolute Gasteiger partial charge is 0.310 e. The standard InChI is InChI=1S/C23H17FN4O/c24-21-3-1-2-18(13-21)19-8-9-22(25-14-19)28-23(29)12-16-4-6-17(7-5-16)20-10-11-26-27-15-20/h1-11,13-15H,12H2,(H,25,28,29). The average molecular weight is 384 g/mol. The zero-order valence-corrected chi connectivity index (χ0v) is 15.4. The van der Waals surface area contributed by atoms with Crippen LogP contribution < -0.4 is 5.32 Å². The number of nitrogens with zero attached hydrogens (tertiary/aromatic N) is 3. The molecule has 2 heterocycles. The second-order valence-corrected chi connectivity index (χ2v) is 6.50. The predicted octanol–water partition coefficient (Wildman–Crippen LogP) is 4.53. The Hall–Kier alpha value is -3.93. The summed E-state index contributed by atoms with van der Waals surface area (Å²) in [5.41, 5.74) is 4.39. The third-order valence-electron chi connectivity index (χ3n) is 4.43. The van der Waals surface area contributed by atoms with E-state index in [1.54, 1.807) is 36.8 Å². The molecule has 4 rings (SSSR count). The van der Waals surface area contributed by atoms with Crippen LogP contribution in [0, 0.1) is 5.82 Å². The van der Waals surface area contributed by atoms with E-state index >= 15 is 0 Å². The van der Waals surface area contributed by atoms with Crippen molar-refractivity contribution >= 4 is 11.7 Å². The molecular weight excluding hydrogens is 367 g/mol. The monoisotopic (exact) mass is 384 g/mol. The lowest BCUT2D eigenvalue weighted by molar-refractivity contribution is -0.115. The molecule has 0 aliphatic heterocycles. The maximum atomic E-state index is 13.3. The van der Waals surface area contributed by atoms with Crippen molar-refractivity contribution in [3.63, 3.8) is 0 Å². The molecule has 1 N–H and O–H groups in total. The molecule has 0 atom stereocenters. The van der Waals surface area contributed by atoms with Gasteiger partial charge in [-0.3, -0.25) is 4.79 Å². The van der Waals surface area contributed by atoms with Crippen LogP contribution in [-0.2, 0) is 11.2 Å². The number of aromatic nitrogens is 3. The highest BCUT2D eigenvalue weighted by Crippen LogP contribution is 2.21. The minimum Gasteiger partial charge on any atom is -0.310 e. The number of pyridine rings is 1. The van der Waals surface area contributed by atoms with Crippen molar-refractivity contribution < 1.29 is 9.18 Å². The van der Waals surface area contributed by atoms with Crippen LogP contribution in [0.3, 0.4) is 0 Å². The van der Waals surface area contributed by atoms with Gasteiger partial charge < -0.3 is 5.32 Å². The fourth-order valence-electron chi connectivity index (χ4n) is 2.96. The van der Waals surface area contributed by atoms with Gasteiger partial charge in [-0.2, -0.15) is 10.2 Å². The number of benzene rings is 2. The van der Waals surface area contributed by atoms with Gasteiger partial charge in [-0.25, -0.2) is 9.37 Å². The van der Waals surface area contributed by atoms with Crippen molar-refractivity contribution in [1.82, 2.24) is 15.2 Å². The number of anilines is 1. The van der Waals surface area contributed by atoms with Gasteiger partial charge in [0.05, 0.1) is 18.8 Å². The SMILES string of the molecule is O=C(Cc1ccc(-c2ccnnc2)cc1)Nc1ccc(-c2cccc(F)c2)cn1. The first-order valence-electron chi connectivity index (χ1n) is 9.05. The van der Waals surface area contributed by atoms with Crippen molar-refractivity contribution in [2.45, 2.75) is 6.42 Å². The Kier molecular flexibility index (Phi) is 5.33. The van der Waals surface area contributed by atoms with Crippen LogP contribution >= 0.6 is 0 Å². The van der Waals surface area contributed by atoms with E-state index in [4.69, 9.17) is 0 Å². The zero-order chi connectivity index (χ0) is 20.1. The summed E-state index contributed by atoms with van der Waals surface area (Å²) in [6.07, 6.45) is 5.19. The zero-order valence-electron chi connectivity index (χ0n) is 15.4. The molecule has 0 saturated carbocycles. The quantitative estimate of drug-likeness (QED) is 0.549. The lowest BCUT2D eigenvalue weighted by atomic mass is 10.0. The van der Waals surface area contributed by atoms with E-state index in [0.29, 0.717) is 5.82 Å². The molecule has 4 aromatic rings. The molecular formula is C23H17FN4O. The maximum Gasteiger partial charge on any atom is 0.229 e. The molecule has 2 aromatic carbocycles. The molecule has 142 valence electrons. The van der Waals surface area contributed by atoms with E-state index in [2.05, 4.69) is 20.5 Å². The fraction of sp³-hybridized carbons (Fsp3) is 0.0435. The molecule has 6 heteroatoms. The second-order valence-electron chi connectivity index (χ2n) is 6.50. The van der Waals surface area contributed by atoms with E-state index < -0.39 is 0 Å². The minimum absolute atomic E-state index is 0.158. The molecule has 0 aliphatic carbocycles. The number of rotatable bonds is 5. The van der Waals surface area contributed by atoms with Crippen molar-refractivity contribution in [3.05, 3.63) is 96.7 Å². The van der Waals surface area contributed by atoms with Gasteiger partial charge in [-0.1, -0.05) is 36.4 Å². The van der Waals surface area contributed by atoms with E-state index in [1.807, 2.05) is 36.4 Å². The third kappa shape index (κ3) is 4.68. The number of hydrogen-bond acceptors (Lipinski definition) is 4. The smallest absolute Gasteiger partial charge is 0.229 e. The summed E-state index contributed by atoms with van der Waals surface area (Å²) in [5, 5.41) is 10.4. The highest BCUT2D eigenvalue weighted by atomic mass is 19.1. The molecule has 0 fully saturated rings. The summed E-state index contributed by atoms with van der Waals surface area (Å²) < 4.78 is 13.3. The summed E-state index contributed by atoms with van der Waals surface area (Å²) >= 11 is 0. The van der Waals surface area contributed by atoms with Crippen LogP contribution in [-0.4, -0.2) is 21.1 Å². The first kappa shape index (κ1) is 18.4. The number of carbonyl (C=O) groups is 1. The summed E-state index contributed by atoms with van der Waals surface area (Å²) in [6.45, 7) is 0. The molecule has 29 heavy (non-hydrogen) atoms. The molecule has 5 nitrogen and oxygen atoms in total. The first-order valence-corrected chi connectivity index (χ1v) is 9.05. The highest BCUT2D eigenvalue weighted by Gasteiger charge is 2.07. The number of halogens is 1. The van der Waals surface area contributed by atoms with Gasteiger partial charge in [0.2, 0.25) is 5.91 Å². The van der Waals surface area contributed by atoms with Gasteiger partial charge in [0.25, 0.3) is 0 Å². The summed E-state index contributed by atoms with van der Waals surface area (Å²) in [7, 11) is 0. The normalized spacial score (nSPS) is 10.5. The Bertz CT molecular complexity index is 1110. The van der Waals surface area contributed by atoms with Gasteiger partial charge in [-0.05, 0) is 47.0 Å². The molecule has 1 amide bonds. The highest BCUT2D eigenvalue weighted by molar-refractivity contribution is 5.91. The lowest BCUT2D eigenvalue weighted by Gasteiger charge is -2.07. The van der Waals surface area contributed by atoms with Crippen molar-refractivity contribution in [2.75, 3.05) is 5.32 Å². The predicted molar refractivity (Wildman–Crippen MR) is 109 cm³/mol. The van der Waals surface area contributed by atoms with Crippen LogP contribution in [0.1, 0.15) is 5.56 Å². The van der Waals surface area contributed by atoms with Gasteiger partial charge in [0.1, 0.15) is 11.6 Å². The Morgan fingerprint density at radius 3 is 2.31 bits per heavy atom. The summed E-state index contributed by atoms with van der Waals surface area (Å²) in [5.74, 6) is -0.00458. The van der Waals surface area contributed by atoms with Gasteiger partial charge in [0.15, 0.2) is 0 Å². The van der Waals surface area contributed by atoms with E-state index in [1.165, 1.54) is 12.1 Å². The summed E-state index contributed by atoms with van der Waals surface area (Å²) in [4.78, 5) is 16.6. The van der Waals surface area contributed by atoms with E-state index in [0.717, 1.165) is 27.8 Å². The van der Waals surface area contributed by atoms with Crippen molar-refractivity contribution in [2.24, 2.45) is 0 Å². The Labute approximate surface area is 167 Å². The second kappa shape index (κ2) is 8.39. The minimum atomic E-state index is -0.300. The van der Waals surface area contributed by atoms with Crippen LogP contribution in [0.25, 0.3) is 22.3 Å². The summed E-state index contributed by atoms with van der Waals surface area (Å²) in [6, 6.07) is 19.4. The Balaban J connectivity index is 1.38. The van der Waals surface area contributed by atoms with Crippen molar-refractivity contribution in [3.8, 4) is 22.3 Å². The van der Waals surface area contributed by atoms with Crippen LogP contribution in [0.2, 0.25) is 0 Å². The van der Waals surface area contributed by atoms with Gasteiger partial charge >= 0.3 is 0 Å².